The summed E-state index contributed by atoms with van der Waals surface area (Å²) >= 11 is 0. The van der Waals surface area contributed by atoms with Gasteiger partial charge in [0.05, 0.1) is 11.6 Å². The lowest BCUT2D eigenvalue weighted by Crippen LogP contribution is -2.48. The number of para-hydroxylation sites is 1. The Bertz CT molecular complexity index is 1430. The molecular weight excluding hydrogens is 435 g/mol. The predicted octanol–water partition coefficient (Wildman–Crippen LogP) is 3.53. The largest absolute Gasteiger partial charge is 0.348 e. The lowest BCUT2D eigenvalue weighted by molar-refractivity contribution is -0.123. The highest BCUT2D eigenvalue weighted by atomic mass is 19.1. The summed E-state index contributed by atoms with van der Waals surface area (Å²) in [5, 5.41) is 17.4. The first kappa shape index (κ1) is 21.5. The molecule has 2 amide bonds. The van der Waals surface area contributed by atoms with Gasteiger partial charge < -0.3 is 15.6 Å². The lowest BCUT2D eigenvalue weighted by Gasteiger charge is -2.21. The number of H-pyrrole nitrogens is 1. The van der Waals surface area contributed by atoms with E-state index in [0.717, 1.165) is 18.2 Å². The Morgan fingerprint density at radius 1 is 1.15 bits per heavy atom. The van der Waals surface area contributed by atoms with Crippen molar-refractivity contribution in [1.29, 1.82) is 5.26 Å². The van der Waals surface area contributed by atoms with Crippen LogP contribution in [0.4, 0.5) is 4.39 Å². The van der Waals surface area contributed by atoms with Gasteiger partial charge in [-0.25, -0.2) is 4.39 Å². The maximum atomic E-state index is 14.0. The number of aromatic nitrogens is 3. The summed E-state index contributed by atoms with van der Waals surface area (Å²) in [6.07, 6.45) is 8.88. The molecule has 1 aliphatic carbocycles. The van der Waals surface area contributed by atoms with Crippen LogP contribution in [0.2, 0.25) is 0 Å². The minimum absolute atomic E-state index is 0.162. The Balaban J connectivity index is 1.37. The molecule has 9 heteroatoms. The van der Waals surface area contributed by atoms with Crippen LogP contribution in [-0.4, -0.2) is 32.8 Å². The quantitative estimate of drug-likeness (QED) is 0.393. The highest BCUT2D eigenvalue weighted by Gasteiger charge is 2.32. The molecule has 34 heavy (non-hydrogen) atoms. The molecule has 170 valence electrons. The predicted molar refractivity (Wildman–Crippen MR) is 123 cm³/mol. The molecule has 2 unspecified atom stereocenters. The second kappa shape index (κ2) is 8.90. The number of amides is 2. The van der Waals surface area contributed by atoms with Gasteiger partial charge in [0.15, 0.2) is 0 Å². The van der Waals surface area contributed by atoms with Gasteiger partial charge in [0, 0.05) is 46.5 Å². The topological polar surface area (TPSA) is 124 Å². The van der Waals surface area contributed by atoms with Crippen LogP contribution in [0.25, 0.3) is 21.7 Å². The first-order chi connectivity index (χ1) is 16.5. The summed E-state index contributed by atoms with van der Waals surface area (Å²) in [6.45, 7) is 0. The molecule has 0 radical (unpaired) electrons. The summed E-state index contributed by atoms with van der Waals surface area (Å²) in [4.78, 5) is 37.2. The zero-order valence-corrected chi connectivity index (χ0v) is 18.1. The molecule has 0 saturated heterocycles. The van der Waals surface area contributed by atoms with Gasteiger partial charge in [0.2, 0.25) is 5.91 Å². The van der Waals surface area contributed by atoms with E-state index < -0.39 is 29.7 Å². The number of carbonyl (C=O) groups excluding carboxylic acids is 2. The van der Waals surface area contributed by atoms with Crippen molar-refractivity contribution in [2.24, 2.45) is 5.92 Å². The first-order valence-electron chi connectivity index (χ1n) is 11.0. The van der Waals surface area contributed by atoms with Crippen LogP contribution >= 0.6 is 0 Å². The van der Waals surface area contributed by atoms with E-state index in [0.29, 0.717) is 28.7 Å². The molecule has 1 fully saturated rings. The molecule has 3 heterocycles. The van der Waals surface area contributed by atoms with E-state index in [2.05, 4.69) is 31.7 Å². The van der Waals surface area contributed by atoms with Crippen molar-refractivity contribution in [3.05, 3.63) is 72.2 Å². The van der Waals surface area contributed by atoms with Gasteiger partial charge >= 0.3 is 0 Å². The van der Waals surface area contributed by atoms with Gasteiger partial charge in [-0.05, 0) is 30.5 Å². The van der Waals surface area contributed by atoms with Crippen molar-refractivity contribution in [2.75, 3.05) is 0 Å². The highest BCUT2D eigenvalue weighted by molar-refractivity contribution is 6.00. The summed E-state index contributed by atoms with van der Waals surface area (Å²) in [7, 11) is 0. The monoisotopic (exact) mass is 456 g/mol. The zero-order chi connectivity index (χ0) is 23.7. The molecule has 3 aromatic heterocycles. The number of nitrogens with one attached hydrogen (secondary N) is 3. The molecular formula is C25H21FN6O2. The smallest absolute Gasteiger partial charge is 0.268 e. The maximum Gasteiger partial charge on any atom is 0.268 e. The van der Waals surface area contributed by atoms with Crippen molar-refractivity contribution in [3.63, 3.8) is 0 Å². The van der Waals surface area contributed by atoms with Gasteiger partial charge in [-0.2, -0.15) is 5.26 Å². The number of halogens is 1. The van der Waals surface area contributed by atoms with Gasteiger partial charge in [0.1, 0.15) is 23.6 Å². The number of nitrogens with zero attached hydrogens (tertiary/aromatic N) is 3. The molecule has 5 rings (SSSR count). The number of hydrogen-bond donors (Lipinski definition) is 3. The molecule has 1 aromatic carbocycles. The Labute approximate surface area is 194 Å². The number of rotatable bonds is 7. The van der Waals surface area contributed by atoms with Gasteiger partial charge in [-0.3, -0.25) is 19.6 Å². The molecule has 1 aliphatic rings. The van der Waals surface area contributed by atoms with Crippen LogP contribution in [0.1, 0.15) is 41.4 Å². The Morgan fingerprint density at radius 2 is 2.00 bits per heavy atom. The number of hydrogen-bond acceptors (Lipinski definition) is 5. The van der Waals surface area contributed by atoms with E-state index in [1.807, 2.05) is 0 Å². The molecule has 4 aromatic rings. The summed E-state index contributed by atoms with van der Waals surface area (Å²) < 4.78 is 14.0. The first-order valence-corrected chi connectivity index (χ1v) is 11.0. The lowest BCUT2D eigenvalue weighted by atomic mass is 10.0. The third-order valence-corrected chi connectivity index (χ3v) is 6.06. The van der Waals surface area contributed by atoms with Crippen LogP contribution in [0.3, 0.4) is 0 Å². The SMILES string of the molecule is N#CC(NC(=O)C(CC1CC1)NC(=O)c1cc2cccc(F)c2[nH]1)c1cncc2ccncc12. The number of carbonyl (C=O) groups is 2. The second-order valence-electron chi connectivity index (χ2n) is 8.49. The molecule has 1 saturated carbocycles. The minimum atomic E-state index is -0.964. The van der Waals surface area contributed by atoms with E-state index in [4.69, 9.17) is 0 Å². The van der Waals surface area contributed by atoms with E-state index in [1.54, 1.807) is 42.9 Å². The van der Waals surface area contributed by atoms with Crippen LogP contribution < -0.4 is 10.6 Å². The second-order valence-corrected chi connectivity index (χ2v) is 8.49. The summed E-state index contributed by atoms with van der Waals surface area (Å²) in [5.41, 5.74) is 0.927. The maximum absolute atomic E-state index is 14.0. The fourth-order valence-electron chi connectivity index (χ4n) is 4.07. The molecule has 0 bridgehead atoms. The molecule has 0 spiro atoms. The van der Waals surface area contributed by atoms with Crippen molar-refractivity contribution < 1.29 is 14.0 Å². The van der Waals surface area contributed by atoms with Crippen LogP contribution in [0, 0.1) is 23.1 Å². The summed E-state index contributed by atoms with van der Waals surface area (Å²) in [5.74, 6) is -1.10. The number of aromatic amines is 1. The molecule has 0 aliphatic heterocycles. The molecule has 3 N–H and O–H groups in total. The highest BCUT2D eigenvalue weighted by Crippen LogP contribution is 2.34. The number of nitriles is 1. The third kappa shape index (κ3) is 4.30. The number of fused-ring (bicyclic) bond motifs is 2. The third-order valence-electron chi connectivity index (χ3n) is 6.06. The summed E-state index contributed by atoms with van der Waals surface area (Å²) in [6, 6.07) is 8.21. The van der Waals surface area contributed by atoms with Gasteiger partial charge in [0.25, 0.3) is 5.91 Å². The van der Waals surface area contributed by atoms with E-state index in [1.165, 1.54) is 12.3 Å². The van der Waals surface area contributed by atoms with Crippen molar-refractivity contribution in [3.8, 4) is 6.07 Å². The normalized spacial score (nSPS) is 14.9. The van der Waals surface area contributed by atoms with Gasteiger partial charge in [-0.1, -0.05) is 25.0 Å². The Morgan fingerprint density at radius 3 is 2.76 bits per heavy atom. The standard InChI is InChI=1S/C25H21FN6O2/c26-19-3-1-2-15-9-21(30-23(15)19)25(34)31-20(8-14-4-5-14)24(33)32-22(10-27)18-13-29-11-16-6-7-28-12-17(16)18/h1-3,6-7,9,11-14,20,22,30H,4-5,8H2,(H,31,34)(H,32,33). The average Bonchev–Trinajstić information content (AvgIpc) is 3.56. The van der Waals surface area contributed by atoms with E-state index >= 15 is 0 Å². The zero-order valence-electron chi connectivity index (χ0n) is 18.1. The van der Waals surface area contributed by atoms with Gasteiger partial charge in [-0.15, -0.1) is 0 Å². The van der Waals surface area contributed by atoms with Crippen LogP contribution in [-0.2, 0) is 4.79 Å². The Hall–Kier alpha value is -4.32. The number of pyridine rings is 2. The van der Waals surface area contributed by atoms with Crippen molar-refractivity contribution in [2.45, 2.75) is 31.3 Å². The van der Waals surface area contributed by atoms with Crippen molar-refractivity contribution >= 4 is 33.5 Å². The average molecular weight is 456 g/mol. The number of benzene rings is 1. The van der Waals surface area contributed by atoms with Crippen LogP contribution in [0.15, 0.2) is 55.1 Å². The fraction of sp³-hybridized carbons (Fsp3) is 0.240. The fourth-order valence-corrected chi connectivity index (χ4v) is 4.07. The van der Waals surface area contributed by atoms with E-state index in [9.17, 15) is 19.2 Å². The van der Waals surface area contributed by atoms with E-state index in [-0.39, 0.29) is 11.2 Å². The minimum Gasteiger partial charge on any atom is -0.348 e. The Kier molecular flexibility index (Phi) is 5.64. The van der Waals surface area contributed by atoms with Crippen molar-refractivity contribution in [1.82, 2.24) is 25.6 Å². The van der Waals surface area contributed by atoms with Crippen LogP contribution in [0.5, 0.6) is 0 Å². The molecule has 8 nitrogen and oxygen atoms in total. The molecule has 2 atom stereocenters.